The minimum atomic E-state index is -1.10. The van der Waals surface area contributed by atoms with Crippen LogP contribution in [0.25, 0.3) is 0 Å². The molecule has 0 fully saturated rings. The molecule has 0 aliphatic carbocycles. The molecule has 0 heterocycles. The van der Waals surface area contributed by atoms with Crippen molar-refractivity contribution in [3.05, 3.63) is 0 Å². The van der Waals surface area contributed by atoms with Gasteiger partial charge >= 0.3 is 69.2 Å². The fourth-order valence-electron chi connectivity index (χ4n) is 0.737. The molecule has 8 nitrogen and oxygen atoms in total. The number of ether oxygens (including phenoxy) is 1. The van der Waals surface area contributed by atoms with Crippen molar-refractivity contribution in [3.63, 3.8) is 0 Å². The molecule has 0 aliphatic heterocycles. The molecule has 0 spiro atoms. The maximum atomic E-state index is 11.0. The number of carboxylic acids is 1. The second-order valence-electron chi connectivity index (χ2n) is 3.13. The van der Waals surface area contributed by atoms with Gasteiger partial charge in [0, 0.05) is 20.1 Å². The molecule has 1 radical (unpaired) electrons. The first-order valence-electron chi connectivity index (χ1n) is 4.72. The number of carbonyl (C=O) groups excluding carboxylic acids is 1. The zero-order valence-corrected chi connectivity index (χ0v) is 18.9. The third-order valence-electron chi connectivity index (χ3n) is 1.72. The van der Waals surface area contributed by atoms with E-state index in [4.69, 9.17) is 9.84 Å². The Hall–Kier alpha value is 0.265. The monoisotopic (exact) mass is 474 g/mol. The van der Waals surface area contributed by atoms with Gasteiger partial charge in [-0.3, -0.25) is 4.79 Å². The van der Waals surface area contributed by atoms with Gasteiger partial charge in [-0.05, 0) is 19.2 Å². The summed E-state index contributed by atoms with van der Waals surface area (Å²) in [5.74, 6) is -1.85. The Morgan fingerprint density at radius 3 is 2.37 bits per heavy atom. The van der Waals surface area contributed by atoms with E-state index in [1.807, 2.05) is 0 Å². The SMILES string of the molecule is COC(C)CNC(=O)N=C([O-])CCC(=O)O.O.[Hg+].[Na+]. The molecule has 4 N–H and O–H groups in total. The number of amides is 2. The molecule has 0 saturated carbocycles. The van der Waals surface area contributed by atoms with Crippen molar-refractivity contribution < 1.29 is 87.2 Å². The van der Waals surface area contributed by atoms with Gasteiger partial charge < -0.3 is 25.7 Å². The fourth-order valence-corrected chi connectivity index (χ4v) is 0.737. The third kappa shape index (κ3) is 18.3. The average molecular weight is 473 g/mol. The van der Waals surface area contributed by atoms with Crippen molar-refractivity contribution in [2.45, 2.75) is 25.9 Å². The molecule has 0 aromatic rings. The largest absolute Gasteiger partial charge is 1.00 e. The van der Waals surface area contributed by atoms with Crippen molar-refractivity contribution in [2.75, 3.05) is 13.7 Å². The Labute approximate surface area is 154 Å². The maximum Gasteiger partial charge on any atom is 1.00 e. The van der Waals surface area contributed by atoms with Crippen molar-refractivity contribution in [1.29, 1.82) is 0 Å². The van der Waals surface area contributed by atoms with E-state index in [0.29, 0.717) is 0 Å². The number of rotatable bonds is 6. The number of carboxylic acid groups (broad SMARTS) is 1. The molecule has 0 aromatic carbocycles. The summed E-state index contributed by atoms with van der Waals surface area (Å²) in [5, 5.41) is 21.6. The van der Waals surface area contributed by atoms with E-state index in [9.17, 15) is 14.7 Å². The Morgan fingerprint density at radius 1 is 1.42 bits per heavy atom. The Morgan fingerprint density at radius 2 is 1.95 bits per heavy atom. The van der Waals surface area contributed by atoms with Gasteiger partial charge in [-0.25, -0.2) is 9.79 Å². The summed E-state index contributed by atoms with van der Waals surface area (Å²) < 4.78 is 4.87. The maximum absolute atomic E-state index is 11.0. The van der Waals surface area contributed by atoms with Crippen molar-refractivity contribution in [2.24, 2.45) is 4.99 Å². The van der Waals surface area contributed by atoms with Crippen LogP contribution < -0.4 is 40.0 Å². The first-order valence-corrected chi connectivity index (χ1v) is 4.72. The number of nitrogens with zero attached hydrogens (tertiary/aromatic N) is 1. The predicted octanol–water partition coefficient (Wildman–Crippen LogP) is -4.47. The van der Waals surface area contributed by atoms with Crippen LogP contribution >= 0.6 is 0 Å². The average Bonchev–Trinajstić information content (AvgIpc) is 2.23. The summed E-state index contributed by atoms with van der Waals surface area (Å²) >= 11 is 0. The number of hydrogen-bond acceptors (Lipinski definition) is 4. The number of aliphatic imine (C=N–C) groups is 1. The molecule has 0 aliphatic rings. The van der Waals surface area contributed by atoms with Crippen molar-refractivity contribution in [3.8, 4) is 0 Å². The molecule has 0 aromatic heterocycles. The van der Waals surface area contributed by atoms with E-state index in [0.717, 1.165) is 0 Å². The van der Waals surface area contributed by atoms with Gasteiger partial charge in [-0.1, -0.05) is 0 Å². The molecule has 10 heteroatoms. The summed E-state index contributed by atoms with van der Waals surface area (Å²) in [6.45, 7) is 1.98. The standard InChI is InChI=1S/C9H16N2O5.Hg.Na.H2O/c1-6(16-2)5-10-9(15)11-7(12)3-4-8(13)14;;;/h6H,3-5H2,1-2H3,(H,13,14)(H2,10,11,12,15);;;1H2/q;2*+1;/p-1. The number of nitrogens with one attached hydrogen (secondary N) is 1. The van der Waals surface area contributed by atoms with Crippen LogP contribution in [0.3, 0.4) is 0 Å². The second kappa shape index (κ2) is 16.3. The van der Waals surface area contributed by atoms with E-state index in [-0.39, 0.29) is 88.2 Å². The minimum Gasteiger partial charge on any atom is -0.862 e. The first-order chi connectivity index (χ1) is 7.45. The molecule has 2 amide bonds. The number of methoxy groups -OCH3 is 1. The molecule has 0 rings (SSSR count). The number of urea groups is 1. The zero-order valence-electron chi connectivity index (χ0n) is 11.4. The molecule has 0 bridgehead atoms. The van der Waals surface area contributed by atoms with Gasteiger partial charge in [0.05, 0.1) is 6.10 Å². The van der Waals surface area contributed by atoms with Gasteiger partial charge in [-0.15, -0.1) is 0 Å². The second-order valence-corrected chi connectivity index (χ2v) is 3.13. The molecule has 1 atom stereocenters. The van der Waals surface area contributed by atoms with Crippen LogP contribution in [0.4, 0.5) is 4.79 Å². The number of hydrogen-bond donors (Lipinski definition) is 2. The van der Waals surface area contributed by atoms with E-state index in [1.165, 1.54) is 7.11 Å². The van der Waals surface area contributed by atoms with Gasteiger partial charge in [0.25, 0.3) is 0 Å². The molecular weight excluding hydrogens is 456 g/mol. The molecule has 19 heavy (non-hydrogen) atoms. The van der Waals surface area contributed by atoms with E-state index in [1.54, 1.807) is 6.92 Å². The minimum absolute atomic E-state index is 0. The topological polar surface area (TPSA) is 143 Å². The van der Waals surface area contributed by atoms with E-state index >= 15 is 0 Å². The summed E-state index contributed by atoms with van der Waals surface area (Å²) in [6.07, 6.45) is -0.777. The quantitative estimate of drug-likeness (QED) is 0.228. The zero-order chi connectivity index (χ0) is 12.6. The van der Waals surface area contributed by atoms with Gasteiger partial charge in [0.15, 0.2) is 0 Å². The normalized spacial score (nSPS) is 11.2. The van der Waals surface area contributed by atoms with Crippen molar-refractivity contribution >= 4 is 17.9 Å². The van der Waals surface area contributed by atoms with E-state index < -0.39 is 17.9 Å². The van der Waals surface area contributed by atoms with Crippen LogP contribution in [-0.2, 0) is 37.2 Å². The summed E-state index contributed by atoms with van der Waals surface area (Å²) in [4.78, 5) is 24.3. The number of carbonyl (C=O) groups is 2. The van der Waals surface area contributed by atoms with Gasteiger partial charge in [-0.2, -0.15) is 0 Å². The van der Waals surface area contributed by atoms with Crippen molar-refractivity contribution in [1.82, 2.24) is 5.32 Å². The van der Waals surface area contributed by atoms with Crippen LogP contribution in [0.1, 0.15) is 19.8 Å². The van der Waals surface area contributed by atoms with Crippen LogP contribution in [0.2, 0.25) is 0 Å². The Bertz CT molecular complexity index is 290. The Balaban J connectivity index is -0.000000375. The summed E-state index contributed by atoms with van der Waals surface area (Å²) in [5.41, 5.74) is 0. The van der Waals surface area contributed by atoms with Gasteiger partial charge in [0.1, 0.15) is 0 Å². The van der Waals surface area contributed by atoms with Crippen LogP contribution in [0, 0.1) is 0 Å². The smallest absolute Gasteiger partial charge is 0.862 e. The summed E-state index contributed by atoms with van der Waals surface area (Å²) in [6, 6.07) is -0.778. The molecular formula is C9H17HgN2NaO6+. The Kier molecular flexibility index (Phi) is 23.7. The molecule has 0 saturated heterocycles. The first kappa shape index (κ1) is 27.6. The van der Waals surface area contributed by atoms with E-state index in [2.05, 4.69) is 10.3 Å². The van der Waals surface area contributed by atoms with Crippen LogP contribution in [-0.4, -0.2) is 48.2 Å². The fraction of sp³-hybridized carbons (Fsp3) is 0.667. The van der Waals surface area contributed by atoms with Crippen LogP contribution in [0.15, 0.2) is 4.99 Å². The van der Waals surface area contributed by atoms with Gasteiger partial charge in [0.2, 0.25) is 0 Å². The third-order valence-corrected chi connectivity index (χ3v) is 1.72. The predicted molar refractivity (Wildman–Crippen MR) is 57.8 cm³/mol. The molecule has 1 unspecified atom stereocenters. The summed E-state index contributed by atoms with van der Waals surface area (Å²) in [7, 11) is 1.49. The molecule has 101 valence electrons. The number of aliphatic carboxylic acids is 1. The van der Waals surface area contributed by atoms with Crippen LogP contribution in [0.5, 0.6) is 0 Å².